The fourth-order valence-corrected chi connectivity index (χ4v) is 6.00. The number of ether oxygens (including phenoxy) is 3. The van der Waals surface area contributed by atoms with Crippen molar-refractivity contribution in [2.45, 2.75) is 44.4 Å². The zero-order chi connectivity index (χ0) is 24.6. The Kier molecular flexibility index (Phi) is 6.62. The number of carbonyl (C=O) groups excluding carboxylic acids is 2. The molecule has 2 aliphatic carbocycles. The van der Waals surface area contributed by atoms with Crippen LogP contribution in [0.4, 0.5) is 5.82 Å². The first-order chi connectivity index (χ1) is 16.9. The molecule has 0 saturated heterocycles. The second-order valence-corrected chi connectivity index (χ2v) is 10.5. The maximum atomic E-state index is 12.3. The van der Waals surface area contributed by atoms with Gasteiger partial charge in [-0.25, -0.2) is 9.78 Å². The van der Waals surface area contributed by atoms with Gasteiger partial charge in [-0.1, -0.05) is 17.7 Å². The third-order valence-corrected chi connectivity index (χ3v) is 8.04. The predicted octanol–water partition coefficient (Wildman–Crippen LogP) is 4.58. The van der Waals surface area contributed by atoms with Crippen LogP contribution in [0.5, 0.6) is 5.75 Å². The smallest absolute Gasteiger partial charge is 0.356 e. The maximum Gasteiger partial charge on any atom is 0.356 e. The Hall–Kier alpha value is -2.80. The molecular formula is C27H31ClN2O5. The van der Waals surface area contributed by atoms with Gasteiger partial charge >= 0.3 is 11.9 Å². The minimum atomic E-state index is -0.472. The molecule has 1 aromatic heterocycles. The largest absolute Gasteiger partial charge is 0.489 e. The SMILES string of the molecule is COC(=O)c1ccc2c(n1)N(C[C@@H]1CC[C@H]1COC(C)=O)C[C@@]1(CCCc3cc(Cl)ccc31)CO2. The number of anilines is 1. The van der Waals surface area contributed by atoms with E-state index in [2.05, 4.69) is 17.0 Å². The van der Waals surface area contributed by atoms with Crippen LogP contribution in [0.2, 0.25) is 5.02 Å². The summed E-state index contributed by atoms with van der Waals surface area (Å²) in [6, 6.07) is 9.67. The van der Waals surface area contributed by atoms with Crippen LogP contribution in [0.3, 0.4) is 0 Å². The third-order valence-electron chi connectivity index (χ3n) is 7.80. The summed E-state index contributed by atoms with van der Waals surface area (Å²) in [7, 11) is 1.36. The highest BCUT2D eigenvalue weighted by Gasteiger charge is 2.44. The van der Waals surface area contributed by atoms with Gasteiger partial charge in [0, 0.05) is 30.5 Å². The van der Waals surface area contributed by atoms with Crippen molar-refractivity contribution in [2.24, 2.45) is 11.8 Å². The second-order valence-electron chi connectivity index (χ2n) is 10.0. The Labute approximate surface area is 210 Å². The zero-order valence-corrected chi connectivity index (χ0v) is 21.0. The van der Waals surface area contributed by atoms with Gasteiger partial charge in [-0.2, -0.15) is 0 Å². The van der Waals surface area contributed by atoms with Crippen molar-refractivity contribution in [1.82, 2.24) is 4.98 Å². The highest BCUT2D eigenvalue weighted by molar-refractivity contribution is 6.30. The molecule has 2 aromatic rings. The van der Waals surface area contributed by atoms with Crippen molar-refractivity contribution in [3.05, 3.63) is 52.2 Å². The Bertz CT molecular complexity index is 1140. The monoisotopic (exact) mass is 498 g/mol. The molecule has 35 heavy (non-hydrogen) atoms. The van der Waals surface area contributed by atoms with Crippen molar-refractivity contribution in [1.29, 1.82) is 0 Å². The van der Waals surface area contributed by atoms with Gasteiger partial charge in [0.15, 0.2) is 17.3 Å². The number of pyridine rings is 1. The molecule has 8 heteroatoms. The summed E-state index contributed by atoms with van der Waals surface area (Å²) >= 11 is 6.33. The summed E-state index contributed by atoms with van der Waals surface area (Å²) in [4.78, 5) is 30.6. The molecule has 2 heterocycles. The van der Waals surface area contributed by atoms with Gasteiger partial charge in [-0.15, -0.1) is 0 Å². The number of aromatic nitrogens is 1. The Morgan fingerprint density at radius 1 is 1.23 bits per heavy atom. The minimum Gasteiger partial charge on any atom is -0.489 e. The molecule has 1 spiro atoms. The van der Waals surface area contributed by atoms with Crippen LogP contribution >= 0.6 is 11.6 Å². The molecule has 0 N–H and O–H groups in total. The molecule has 7 nitrogen and oxygen atoms in total. The van der Waals surface area contributed by atoms with Crippen molar-refractivity contribution in [2.75, 3.05) is 38.3 Å². The molecule has 3 aliphatic rings. The standard InChI is InChI=1S/C27H31ClN2O5/c1-17(31)34-14-20-6-5-19(20)13-30-15-27(11-3-4-18-12-21(28)7-8-22(18)27)16-35-24-10-9-23(26(32)33-2)29-25(24)30/h7-10,12,19-20H,3-6,11,13-16H2,1-2H3/t19-,20-,27-/m0/s1. The molecule has 1 fully saturated rings. The average Bonchev–Trinajstić information content (AvgIpc) is 2.98. The van der Waals surface area contributed by atoms with Crippen LogP contribution in [-0.2, 0) is 26.1 Å². The molecule has 0 radical (unpaired) electrons. The second kappa shape index (κ2) is 9.69. The van der Waals surface area contributed by atoms with Gasteiger partial charge in [0.1, 0.15) is 0 Å². The van der Waals surface area contributed by atoms with Crippen LogP contribution < -0.4 is 9.64 Å². The number of rotatable bonds is 5. The molecule has 1 aromatic carbocycles. The van der Waals surface area contributed by atoms with Crippen LogP contribution in [-0.4, -0.2) is 50.3 Å². The fraction of sp³-hybridized carbons (Fsp3) is 0.519. The quantitative estimate of drug-likeness (QED) is 0.558. The molecular weight excluding hydrogens is 468 g/mol. The first-order valence-electron chi connectivity index (χ1n) is 12.3. The lowest BCUT2D eigenvalue weighted by Crippen LogP contribution is -2.49. The van der Waals surface area contributed by atoms with Crippen molar-refractivity contribution in [3.63, 3.8) is 0 Å². The molecule has 3 atom stereocenters. The Morgan fingerprint density at radius 2 is 2.06 bits per heavy atom. The maximum absolute atomic E-state index is 12.3. The number of fused-ring (bicyclic) bond motifs is 3. The molecule has 1 saturated carbocycles. The number of hydrogen-bond donors (Lipinski definition) is 0. The number of nitrogens with zero attached hydrogens (tertiary/aromatic N) is 2. The summed E-state index contributed by atoms with van der Waals surface area (Å²) in [5, 5.41) is 0.752. The molecule has 1 aliphatic heterocycles. The van der Waals surface area contributed by atoms with Gasteiger partial charge in [-0.05, 0) is 79.3 Å². The highest BCUT2D eigenvalue weighted by atomic mass is 35.5. The fourth-order valence-electron chi connectivity index (χ4n) is 5.80. The van der Waals surface area contributed by atoms with E-state index in [9.17, 15) is 9.59 Å². The van der Waals surface area contributed by atoms with Gasteiger partial charge in [0.25, 0.3) is 0 Å². The van der Waals surface area contributed by atoms with Gasteiger partial charge in [0.05, 0.1) is 20.3 Å². The van der Waals surface area contributed by atoms with Crippen molar-refractivity contribution < 1.29 is 23.8 Å². The molecule has 0 amide bonds. The Morgan fingerprint density at radius 3 is 2.80 bits per heavy atom. The molecule has 186 valence electrons. The van der Waals surface area contributed by atoms with E-state index in [1.807, 2.05) is 12.1 Å². The van der Waals surface area contributed by atoms with Crippen molar-refractivity contribution >= 4 is 29.4 Å². The van der Waals surface area contributed by atoms with E-state index in [0.717, 1.165) is 50.2 Å². The first-order valence-corrected chi connectivity index (χ1v) is 12.7. The summed E-state index contributed by atoms with van der Waals surface area (Å²) in [6.07, 6.45) is 5.16. The van der Waals surface area contributed by atoms with Gasteiger partial charge < -0.3 is 19.1 Å². The number of aryl methyl sites for hydroxylation is 1. The Balaban J connectivity index is 1.50. The summed E-state index contributed by atoms with van der Waals surface area (Å²) in [5.41, 5.74) is 2.61. The number of hydrogen-bond acceptors (Lipinski definition) is 7. The third kappa shape index (κ3) is 4.70. The normalized spacial score (nSPS) is 24.9. The topological polar surface area (TPSA) is 78.0 Å². The number of esters is 2. The first kappa shape index (κ1) is 23.9. The predicted molar refractivity (Wildman–Crippen MR) is 132 cm³/mol. The number of methoxy groups -OCH3 is 1. The number of halogens is 1. The van der Waals surface area contributed by atoms with E-state index in [-0.39, 0.29) is 17.1 Å². The number of benzene rings is 1. The molecule has 5 rings (SSSR count). The molecule has 0 bridgehead atoms. The van der Waals surface area contributed by atoms with Crippen LogP contribution in [0, 0.1) is 11.8 Å². The lowest BCUT2D eigenvalue weighted by atomic mass is 9.69. The van der Waals surface area contributed by atoms with Gasteiger partial charge in [-0.3, -0.25) is 4.79 Å². The van der Waals surface area contributed by atoms with E-state index in [1.165, 1.54) is 25.2 Å². The zero-order valence-electron chi connectivity index (χ0n) is 20.2. The van der Waals surface area contributed by atoms with Crippen LogP contribution in [0.1, 0.15) is 54.2 Å². The van der Waals surface area contributed by atoms with Crippen molar-refractivity contribution in [3.8, 4) is 5.75 Å². The van der Waals surface area contributed by atoms with E-state index < -0.39 is 5.97 Å². The summed E-state index contributed by atoms with van der Waals surface area (Å²) < 4.78 is 16.7. The summed E-state index contributed by atoms with van der Waals surface area (Å²) in [5.74, 6) is 1.32. The van der Waals surface area contributed by atoms with E-state index in [1.54, 1.807) is 6.07 Å². The lowest BCUT2D eigenvalue weighted by Gasteiger charge is -2.44. The molecule has 0 unspecified atom stereocenters. The average molecular weight is 499 g/mol. The summed E-state index contributed by atoms with van der Waals surface area (Å²) in [6.45, 7) is 3.91. The van der Waals surface area contributed by atoms with E-state index in [4.69, 9.17) is 30.8 Å². The van der Waals surface area contributed by atoms with E-state index >= 15 is 0 Å². The highest BCUT2D eigenvalue weighted by Crippen LogP contribution is 2.45. The lowest BCUT2D eigenvalue weighted by molar-refractivity contribution is -0.144. The van der Waals surface area contributed by atoms with Gasteiger partial charge in [0.2, 0.25) is 0 Å². The van der Waals surface area contributed by atoms with E-state index in [0.29, 0.717) is 36.6 Å². The van der Waals surface area contributed by atoms with Crippen LogP contribution in [0.25, 0.3) is 0 Å². The van der Waals surface area contributed by atoms with Crippen LogP contribution in [0.15, 0.2) is 30.3 Å². The minimum absolute atomic E-state index is 0.209. The number of carbonyl (C=O) groups is 2.